The Morgan fingerprint density at radius 3 is 2.76 bits per heavy atom. The molecule has 0 aliphatic heterocycles. The third kappa shape index (κ3) is 2.98. The Morgan fingerprint density at radius 1 is 1.53 bits per heavy atom. The second-order valence-corrected chi connectivity index (χ2v) is 4.15. The van der Waals surface area contributed by atoms with Crippen LogP contribution < -0.4 is 0 Å². The van der Waals surface area contributed by atoms with Gasteiger partial charge in [0.2, 0.25) is 11.7 Å². The molecule has 0 amide bonds. The number of alkyl halides is 2. The summed E-state index contributed by atoms with van der Waals surface area (Å²) in [5.41, 5.74) is 0. The van der Waals surface area contributed by atoms with Crippen LogP contribution in [0.2, 0.25) is 0 Å². The topological polar surface area (TPSA) is 68.4 Å². The molecule has 17 heavy (non-hydrogen) atoms. The van der Waals surface area contributed by atoms with Crippen LogP contribution in [0.15, 0.2) is 4.52 Å². The highest BCUT2D eigenvalue weighted by Crippen LogP contribution is 2.41. The second-order valence-electron chi connectivity index (χ2n) is 4.15. The van der Waals surface area contributed by atoms with Gasteiger partial charge in [-0.1, -0.05) is 5.16 Å². The highest BCUT2D eigenvalue weighted by atomic mass is 19.3. The Balaban J connectivity index is 1.99. The highest BCUT2D eigenvalue weighted by Gasteiger charge is 2.35. The Morgan fingerprint density at radius 2 is 2.24 bits per heavy atom. The zero-order valence-corrected chi connectivity index (χ0v) is 9.34. The third-order valence-electron chi connectivity index (χ3n) is 2.72. The summed E-state index contributed by atoms with van der Waals surface area (Å²) in [4.78, 5) is 3.97. The van der Waals surface area contributed by atoms with E-state index >= 15 is 0 Å². The molecule has 96 valence electrons. The summed E-state index contributed by atoms with van der Waals surface area (Å²) in [7, 11) is 1.55. The van der Waals surface area contributed by atoms with E-state index < -0.39 is 12.5 Å². The average molecular weight is 248 g/mol. The van der Waals surface area contributed by atoms with Gasteiger partial charge in [-0.25, -0.2) is 8.78 Å². The van der Waals surface area contributed by atoms with Crippen LogP contribution in [0.3, 0.4) is 0 Å². The number of hydrogen-bond acceptors (Lipinski definition) is 5. The van der Waals surface area contributed by atoms with Gasteiger partial charge >= 0.3 is 0 Å². The maximum Gasteiger partial charge on any atom is 0.264 e. The summed E-state index contributed by atoms with van der Waals surface area (Å²) in [5, 5.41) is 12.7. The van der Waals surface area contributed by atoms with Gasteiger partial charge in [0.25, 0.3) is 6.43 Å². The third-order valence-corrected chi connectivity index (χ3v) is 2.72. The van der Waals surface area contributed by atoms with Crippen molar-refractivity contribution in [1.29, 1.82) is 0 Å². The lowest BCUT2D eigenvalue weighted by atomic mass is 10.2. The summed E-state index contributed by atoms with van der Waals surface area (Å²) >= 11 is 0. The fourth-order valence-electron chi connectivity index (χ4n) is 1.64. The van der Waals surface area contributed by atoms with Crippen LogP contribution >= 0.6 is 0 Å². The van der Waals surface area contributed by atoms with Gasteiger partial charge in [0.1, 0.15) is 12.2 Å². The van der Waals surface area contributed by atoms with E-state index in [9.17, 15) is 8.78 Å². The van der Waals surface area contributed by atoms with Gasteiger partial charge in [-0.2, -0.15) is 4.98 Å². The van der Waals surface area contributed by atoms with E-state index in [0.717, 1.165) is 12.8 Å². The quantitative estimate of drug-likeness (QED) is 0.822. The molecule has 0 aromatic carbocycles. The van der Waals surface area contributed by atoms with Crippen LogP contribution in [0, 0.1) is 5.92 Å². The smallest absolute Gasteiger partial charge is 0.264 e. The maximum atomic E-state index is 12.1. The van der Waals surface area contributed by atoms with Crippen molar-refractivity contribution in [3.05, 3.63) is 11.7 Å². The van der Waals surface area contributed by atoms with Crippen LogP contribution in [0.5, 0.6) is 0 Å². The van der Waals surface area contributed by atoms with Gasteiger partial charge in [0, 0.05) is 7.11 Å². The van der Waals surface area contributed by atoms with Crippen molar-refractivity contribution in [2.75, 3.05) is 7.11 Å². The lowest BCUT2D eigenvalue weighted by molar-refractivity contribution is -0.00754. The summed E-state index contributed by atoms with van der Waals surface area (Å²) in [5.74, 6) is 0.757. The van der Waals surface area contributed by atoms with Crippen molar-refractivity contribution < 1.29 is 23.1 Å². The first-order valence-electron chi connectivity index (χ1n) is 5.43. The monoisotopic (exact) mass is 248 g/mol. The van der Waals surface area contributed by atoms with E-state index in [1.165, 1.54) is 0 Å². The van der Waals surface area contributed by atoms with Crippen LogP contribution in [0.4, 0.5) is 8.78 Å². The molecular formula is C10H14F2N2O3. The molecule has 1 heterocycles. The molecule has 1 aromatic rings. The van der Waals surface area contributed by atoms with Gasteiger partial charge in [-0.3, -0.25) is 0 Å². The lowest BCUT2D eigenvalue weighted by Crippen LogP contribution is -2.20. The van der Waals surface area contributed by atoms with Crippen LogP contribution in [0.1, 0.15) is 30.7 Å². The fourth-order valence-corrected chi connectivity index (χ4v) is 1.64. The van der Waals surface area contributed by atoms with E-state index in [-0.39, 0.29) is 18.4 Å². The number of methoxy groups -OCH3 is 1. The molecule has 1 aliphatic carbocycles. The molecule has 1 fully saturated rings. The van der Waals surface area contributed by atoms with Crippen molar-refractivity contribution in [3.8, 4) is 0 Å². The predicted molar refractivity (Wildman–Crippen MR) is 52.5 cm³/mol. The molecule has 2 rings (SSSR count). The maximum absolute atomic E-state index is 12.1. The van der Waals surface area contributed by atoms with Crippen molar-refractivity contribution in [2.45, 2.75) is 37.9 Å². The van der Waals surface area contributed by atoms with E-state index in [1.54, 1.807) is 7.11 Å². The number of halogens is 2. The van der Waals surface area contributed by atoms with Gasteiger partial charge in [0.05, 0.1) is 6.42 Å². The Labute approximate surface area is 96.8 Å². The van der Waals surface area contributed by atoms with Crippen LogP contribution in [0.25, 0.3) is 0 Å². The number of hydrogen-bond donors (Lipinski definition) is 1. The molecule has 1 aliphatic rings. The van der Waals surface area contributed by atoms with Gasteiger partial charge in [0.15, 0.2) is 0 Å². The highest BCUT2D eigenvalue weighted by molar-refractivity contribution is 4.98. The summed E-state index contributed by atoms with van der Waals surface area (Å²) in [6, 6.07) is 0. The molecule has 0 bridgehead atoms. The fraction of sp³-hybridized carbons (Fsp3) is 0.800. The first kappa shape index (κ1) is 12.4. The molecule has 0 radical (unpaired) electrons. The zero-order chi connectivity index (χ0) is 12.4. The first-order chi connectivity index (χ1) is 8.11. The molecule has 5 nitrogen and oxygen atoms in total. The van der Waals surface area contributed by atoms with E-state index in [2.05, 4.69) is 10.1 Å². The minimum absolute atomic E-state index is 0.00972. The average Bonchev–Trinajstić information content (AvgIpc) is 3.01. The van der Waals surface area contributed by atoms with Gasteiger partial charge in [-0.15, -0.1) is 0 Å². The summed E-state index contributed by atoms with van der Waals surface area (Å²) < 4.78 is 34.3. The molecule has 0 saturated heterocycles. The molecule has 0 spiro atoms. The lowest BCUT2D eigenvalue weighted by Gasteiger charge is -2.08. The summed E-state index contributed by atoms with van der Waals surface area (Å²) in [6.45, 7) is 0. The van der Waals surface area contributed by atoms with E-state index in [4.69, 9.17) is 14.4 Å². The largest absolute Gasteiger partial charge is 0.387 e. The first-order valence-corrected chi connectivity index (χ1v) is 5.43. The number of aromatic nitrogens is 2. The Bertz CT molecular complexity index is 368. The minimum atomic E-state index is -2.81. The van der Waals surface area contributed by atoms with Gasteiger partial charge in [-0.05, 0) is 18.8 Å². The predicted octanol–water partition coefficient (Wildman–Crippen LogP) is 1.34. The molecule has 1 saturated carbocycles. The molecular weight excluding hydrogens is 234 g/mol. The number of rotatable bonds is 6. The van der Waals surface area contributed by atoms with E-state index in [0.29, 0.717) is 11.7 Å². The SMILES string of the molecule is COC(c1noc(CC(O)C(F)F)n1)C1CC1. The van der Waals surface area contributed by atoms with Crippen molar-refractivity contribution >= 4 is 0 Å². The van der Waals surface area contributed by atoms with Gasteiger partial charge < -0.3 is 14.4 Å². The number of aliphatic hydroxyl groups is 1. The number of ether oxygens (including phenoxy) is 1. The zero-order valence-electron chi connectivity index (χ0n) is 9.34. The normalized spacial score (nSPS) is 19.6. The Hall–Kier alpha value is -1.08. The van der Waals surface area contributed by atoms with Crippen LogP contribution in [-0.2, 0) is 11.2 Å². The Kier molecular flexibility index (Phi) is 3.68. The second kappa shape index (κ2) is 5.05. The number of aliphatic hydroxyl groups excluding tert-OH is 1. The molecule has 2 atom stereocenters. The molecule has 7 heteroatoms. The van der Waals surface area contributed by atoms with Crippen molar-refractivity contribution in [2.24, 2.45) is 5.92 Å². The van der Waals surface area contributed by atoms with Crippen molar-refractivity contribution in [3.63, 3.8) is 0 Å². The standard InChI is InChI=1S/C10H14F2N2O3/c1-16-8(5-2-3-5)10-13-7(17-14-10)4-6(15)9(11)12/h5-6,8-9,15H,2-4H2,1H3. The minimum Gasteiger partial charge on any atom is -0.387 e. The molecule has 2 unspecified atom stereocenters. The molecule has 1 N–H and O–H groups in total. The van der Waals surface area contributed by atoms with Crippen molar-refractivity contribution in [1.82, 2.24) is 10.1 Å². The van der Waals surface area contributed by atoms with Crippen LogP contribution in [-0.4, -0.2) is 34.9 Å². The van der Waals surface area contributed by atoms with E-state index in [1.807, 2.05) is 0 Å². The number of nitrogens with zero attached hydrogens (tertiary/aromatic N) is 2. The summed E-state index contributed by atoms with van der Waals surface area (Å²) in [6.07, 6.45) is -3.08. The molecule has 1 aromatic heterocycles.